The van der Waals surface area contributed by atoms with Crippen LogP contribution in [0.15, 0.2) is 0 Å². The molecule has 10 heavy (non-hydrogen) atoms. The van der Waals surface area contributed by atoms with E-state index >= 15 is 0 Å². The number of rotatable bonds is 1. The summed E-state index contributed by atoms with van der Waals surface area (Å²) in [6.07, 6.45) is 0.564. The van der Waals surface area contributed by atoms with Crippen molar-refractivity contribution in [2.45, 2.75) is 38.9 Å². The van der Waals surface area contributed by atoms with Crippen LogP contribution in [0.1, 0.15) is 27.2 Å². The van der Waals surface area contributed by atoms with Gasteiger partial charge in [0.1, 0.15) is 0 Å². The molecule has 0 saturated heterocycles. The third kappa shape index (κ3) is 0.722. The maximum absolute atomic E-state index is 9.36. The Morgan fingerprint density at radius 2 is 1.90 bits per heavy atom. The molecule has 0 spiro atoms. The van der Waals surface area contributed by atoms with Gasteiger partial charge < -0.3 is 9.84 Å². The van der Waals surface area contributed by atoms with Crippen LogP contribution in [0, 0.1) is 5.41 Å². The number of hydrogen-bond donors (Lipinski definition) is 1. The van der Waals surface area contributed by atoms with E-state index in [2.05, 4.69) is 0 Å². The number of hydrogen-bond acceptors (Lipinski definition) is 2. The minimum absolute atomic E-state index is 0.0816. The van der Waals surface area contributed by atoms with Crippen molar-refractivity contribution in [3.63, 3.8) is 0 Å². The molecule has 1 saturated carbocycles. The maximum Gasteiger partial charge on any atom is 0.0750 e. The van der Waals surface area contributed by atoms with Gasteiger partial charge in [-0.3, -0.25) is 0 Å². The Morgan fingerprint density at radius 3 is 2.00 bits per heavy atom. The first-order chi connectivity index (χ1) is 4.44. The van der Waals surface area contributed by atoms with E-state index in [1.807, 2.05) is 20.8 Å². The monoisotopic (exact) mass is 144 g/mol. The van der Waals surface area contributed by atoms with E-state index < -0.39 is 0 Å². The van der Waals surface area contributed by atoms with E-state index in [4.69, 9.17) is 4.74 Å². The summed E-state index contributed by atoms with van der Waals surface area (Å²) in [6, 6.07) is 0. The molecular formula is C8H16O2. The van der Waals surface area contributed by atoms with Gasteiger partial charge >= 0.3 is 0 Å². The first-order valence-corrected chi connectivity index (χ1v) is 3.67. The molecule has 1 rings (SSSR count). The van der Waals surface area contributed by atoms with Crippen LogP contribution in [0.25, 0.3) is 0 Å². The minimum Gasteiger partial charge on any atom is -0.392 e. The first kappa shape index (κ1) is 8.02. The fourth-order valence-corrected chi connectivity index (χ4v) is 1.45. The summed E-state index contributed by atoms with van der Waals surface area (Å²) >= 11 is 0. The zero-order chi connectivity index (χ0) is 7.99. The van der Waals surface area contributed by atoms with Crippen LogP contribution in [-0.4, -0.2) is 23.9 Å². The van der Waals surface area contributed by atoms with Crippen molar-refractivity contribution < 1.29 is 9.84 Å². The van der Waals surface area contributed by atoms with E-state index in [0.29, 0.717) is 0 Å². The Kier molecular flexibility index (Phi) is 1.57. The van der Waals surface area contributed by atoms with Gasteiger partial charge in [-0.2, -0.15) is 0 Å². The predicted molar refractivity (Wildman–Crippen MR) is 39.8 cm³/mol. The fourth-order valence-electron chi connectivity index (χ4n) is 1.45. The van der Waals surface area contributed by atoms with Gasteiger partial charge in [-0.15, -0.1) is 0 Å². The fraction of sp³-hybridized carbons (Fsp3) is 1.00. The van der Waals surface area contributed by atoms with Gasteiger partial charge in [-0.05, 0) is 6.92 Å². The van der Waals surface area contributed by atoms with Crippen LogP contribution in [-0.2, 0) is 4.74 Å². The second-order valence-corrected chi connectivity index (χ2v) is 3.88. The van der Waals surface area contributed by atoms with Crippen molar-refractivity contribution in [3.05, 3.63) is 0 Å². The molecule has 0 unspecified atom stereocenters. The van der Waals surface area contributed by atoms with Gasteiger partial charge in [-0.1, -0.05) is 13.8 Å². The highest BCUT2D eigenvalue weighted by molar-refractivity contribution is 5.07. The smallest absolute Gasteiger partial charge is 0.0750 e. The molecule has 2 atom stereocenters. The van der Waals surface area contributed by atoms with Crippen LogP contribution in [0.5, 0.6) is 0 Å². The Morgan fingerprint density at radius 1 is 1.40 bits per heavy atom. The molecule has 1 aliphatic carbocycles. The average molecular weight is 144 g/mol. The van der Waals surface area contributed by atoms with Crippen molar-refractivity contribution in [2.75, 3.05) is 7.11 Å². The lowest BCUT2D eigenvalue weighted by Crippen LogP contribution is -2.63. The van der Waals surface area contributed by atoms with E-state index in [9.17, 15) is 5.11 Å². The number of methoxy groups -OCH3 is 1. The third-order valence-electron chi connectivity index (χ3n) is 3.23. The molecule has 60 valence electrons. The van der Waals surface area contributed by atoms with Gasteiger partial charge in [0, 0.05) is 18.9 Å². The largest absolute Gasteiger partial charge is 0.392 e. The van der Waals surface area contributed by atoms with Crippen LogP contribution in [0.4, 0.5) is 0 Å². The highest BCUT2D eigenvalue weighted by atomic mass is 16.5. The molecule has 0 aromatic heterocycles. The molecule has 0 amide bonds. The molecule has 0 aliphatic heterocycles. The van der Waals surface area contributed by atoms with E-state index in [1.54, 1.807) is 7.11 Å². The summed E-state index contributed by atoms with van der Waals surface area (Å²) in [5.41, 5.74) is -0.200. The standard InChI is InChI=1S/C8H16O2/c1-7(2)6(9)5-8(7,3)10-4/h6,9H,5H2,1-4H3/t6-,8-/m0/s1. The van der Waals surface area contributed by atoms with Gasteiger partial charge in [0.05, 0.1) is 11.7 Å². The second-order valence-electron chi connectivity index (χ2n) is 3.88. The number of ether oxygens (including phenoxy) is 1. The molecule has 1 aliphatic rings. The summed E-state index contributed by atoms with van der Waals surface area (Å²) in [7, 11) is 1.70. The molecule has 0 heterocycles. The topological polar surface area (TPSA) is 29.5 Å². The zero-order valence-corrected chi connectivity index (χ0v) is 7.14. The molecular weight excluding hydrogens is 128 g/mol. The van der Waals surface area contributed by atoms with Crippen molar-refractivity contribution in [1.82, 2.24) is 0 Å². The summed E-state index contributed by atoms with van der Waals surface area (Å²) in [4.78, 5) is 0. The summed E-state index contributed by atoms with van der Waals surface area (Å²) < 4.78 is 5.30. The summed E-state index contributed by atoms with van der Waals surface area (Å²) in [5.74, 6) is 0. The third-order valence-corrected chi connectivity index (χ3v) is 3.23. The normalized spacial score (nSPS) is 44.7. The van der Waals surface area contributed by atoms with Crippen LogP contribution in [0.2, 0.25) is 0 Å². The Labute approximate surface area is 62.2 Å². The molecule has 1 fully saturated rings. The lowest BCUT2D eigenvalue weighted by atomic mass is 9.57. The maximum atomic E-state index is 9.36. The lowest BCUT2D eigenvalue weighted by Gasteiger charge is -2.56. The first-order valence-electron chi connectivity index (χ1n) is 3.67. The SMILES string of the molecule is CO[C@@]1(C)C[C@H](O)C1(C)C. The second kappa shape index (κ2) is 1.95. The molecule has 2 heteroatoms. The van der Waals surface area contributed by atoms with Crippen molar-refractivity contribution >= 4 is 0 Å². The molecule has 0 aromatic rings. The average Bonchev–Trinajstić information content (AvgIpc) is 1.88. The molecule has 0 radical (unpaired) electrons. The number of aliphatic hydroxyl groups is 1. The van der Waals surface area contributed by atoms with Crippen LogP contribution >= 0.6 is 0 Å². The molecule has 1 N–H and O–H groups in total. The van der Waals surface area contributed by atoms with Crippen molar-refractivity contribution in [1.29, 1.82) is 0 Å². The van der Waals surface area contributed by atoms with Crippen LogP contribution in [0.3, 0.4) is 0 Å². The summed E-state index contributed by atoms with van der Waals surface area (Å²) in [6.45, 7) is 6.11. The van der Waals surface area contributed by atoms with Crippen molar-refractivity contribution in [3.8, 4) is 0 Å². The van der Waals surface area contributed by atoms with Gasteiger partial charge in [0.25, 0.3) is 0 Å². The Hall–Kier alpha value is -0.0800. The van der Waals surface area contributed by atoms with Crippen molar-refractivity contribution in [2.24, 2.45) is 5.41 Å². The summed E-state index contributed by atoms with van der Waals surface area (Å²) in [5, 5.41) is 9.36. The van der Waals surface area contributed by atoms with Crippen LogP contribution < -0.4 is 0 Å². The highest BCUT2D eigenvalue weighted by Crippen LogP contribution is 2.51. The van der Waals surface area contributed by atoms with E-state index in [-0.39, 0.29) is 17.1 Å². The predicted octanol–water partition coefficient (Wildman–Crippen LogP) is 1.18. The van der Waals surface area contributed by atoms with Gasteiger partial charge in [0.2, 0.25) is 0 Å². The highest BCUT2D eigenvalue weighted by Gasteiger charge is 2.57. The quantitative estimate of drug-likeness (QED) is 0.599. The molecule has 2 nitrogen and oxygen atoms in total. The Bertz CT molecular complexity index is 139. The molecule has 0 aromatic carbocycles. The number of aliphatic hydroxyl groups excluding tert-OH is 1. The minimum atomic E-state index is -0.197. The Balaban J connectivity index is 2.70. The van der Waals surface area contributed by atoms with E-state index in [0.717, 1.165) is 6.42 Å². The molecule has 0 bridgehead atoms. The zero-order valence-electron chi connectivity index (χ0n) is 7.14. The van der Waals surface area contributed by atoms with Gasteiger partial charge in [-0.25, -0.2) is 0 Å². The van der Waals surface area contributed by atoms with Gasteiger partial charge in [0.15, 0.2) is 0 Å². The lowest BCUT2D eigenvalue weighted by molar-refractivity contribution is -0.229. The van der Waals surface area contributed by atoms with E-state index in [1.165, 1.54) is 0 Å².